The van der Waals surface area contributed by atoms with E-state index in [1.54, 1.807) is 0 Å². The maximum absolute atomic E-state index is 13.5. The molecular weight excluding hydrogens is 406 g/mol. The van der Waals surface area contributed by atoms with Crippen LogP contribution in [-0.2, 0) is 14.8 Å². The fourth-order valence-electron chi connectivity index (χ4n) is 1.82. The number of sulfonamides is 1. The van der Waals surface area contributed by atoms with Crippen molar-refractivity contribution in [2.24, 2.45) is 0 Å². The summed E-state index contributed by atoms with van der Waals surface area (Å²) < 4.78 is 54.3. The van der Waals surface area contributed by atoms with Crippen molar-refractivity contribution < 1.29 is 22.0 Å². The van der Waals surface area contributed by atoms with Crippen LogP contribution in [0.5, 0.6) is 0 Å². The zero-order chi connectivity index (χ0) is 17.9. The van der Waals surface area contributed by atoms with Crippen LogP contribution < -0.4 is 10.0 Å². The van der Waals surface area contributed by atoms with Gasteiger partial charge in [-0.05, 0) is 43.3 Å². The molecule has 2 N–H and O–H groups in total. The van der Waals surface area contributed by atoms with Crippen molar-refractivity contribution in [1.29, 1.82) is 0 Å². The number of para-hydroxylation sites is 1. The first-order valence-electron chi connectivity index (χ1n) is 6.73. The fraction of sp³-hybridized carbons (Fsp3) is 0.133. The summed E-state index contributed by atoms with van der Waals surface area (Å²) >= 11 is 3.19. The van der Waals surface area contributed by atoms with E-state index in [-0.39, 0.29) is 4.90 Å². The number of anilines is 1. The Morgan fingerprint density at radius 1 is 1.08 bits per heavy atom. The average molecular weight is 419 g/mol. The fourth-order valence-corrected chi connectivity index (χ4v) is 3.28. The van der Waals surface area contributed by atoms with Gasteiger partial charge < -0.3 is 5.32 Å². The van der Waals surface area contributed by atoms with Crippen LogP contribution >= 0.6 is 15.9 Å². The third-order valence-corrected chi connectivity index (χ3v) is 5.15. The second-order valence-corrected chi connectivity index (χ2v) is 7.51. The van der Waals surface area contributed by atoms with Crippen LogP contribution in [0.3, 0.4) is 0 Å². The Morgan fingerprint density at radius 2 is 1.62 bits per heavy atom. The molecule has 0 aliphatic heterocycles. The van der Waals surface area contributed by atoms with E-state index in [1.807, 2.05) is 5.32 Å². The number of rotatable bonds is 5. The maximum Gasteiger partial charge on any atom is 0.242 e. The number of hydrogen-bond donors (Lipinski definition) is 2. The van der Waals surface area contributed by atoms with Crippen molar-refractivity contribution in [3.63, 3.8) is 0 Å². The van der Waals surface area contributed by atoms with Crippen LogP contribution in [0.25, 0.3) is 0 Å². The lowest BCUT2D eigenvalue weighted by atomic mass is 10.2. The molecule has 0 aliphatic carbocycles. The standard InChI is InChI=1S/C15H13BrF2N2O3S/c1-9(15(21)19-14-12(17)3-2-4-13(14)18)20-24(22,23)11-7-5-10(16)6-8-11/h2-9,20H,1H3,(H,19,21). The van der Waals surface area contributed by atoms with Gasteiger partial charge in [0.25, 0.3) is 0 Å². The Labute approximate surface area is 146 Å². The molecule has 0 radical (unpaired) electrons. The third kappa shape index (κ3) is 4.37. The van der Waals surface area contributed by atoms with Gasteiger partial charge in [0, 0.05) is 4.47 Å². The summed E-state index contributed by atoms with van der Waals surface area (Å²) in [7, 11) is -3.95. The molecule has 5 nitrogen and oxygen atoms in total. The highest BCUT2D eigenvalue weighted by Crippen LogP contribution is 2.19. The quantitative estimate of drug-likeness (QED) is 0.783. The molecule has 2 rings (SSSR count). The minimum Gasteiger partial charge on any atom is -0.320 e. The molecule has 24 heavy (non-hydrogen) atoms. The van der Waals surface area contributed by atoms with Crippen LogP contribution in [0.15, 0.2) is 51.8 Å². The molecule has 0 bridgehead atoms. The lowest BCUT2D eigenvalue weighted by Gasteiger charge is -2.15. The van der Waals surface area contributed by atoms with Crippen molar-refractivity contribution >= 4 is 37.5 Å². The van der Waals surface area contributed by atoms with Gasteiger partial charge in [0.2, 0.25) is 15.9 Å². The Hall–Kier alpha value is -1.84. The number of amides is 1. The summed E-state index contributed by atoms with van der Waals surface area (Å²) in [6.07, 6.45) is 0. The molecule has 1 atom stereocenters. The molecule has 1 unspecified atom stereocenters. The first-order valence-corrected chi connectivity index (χ1v) is 9.01. The molecule has 0 fully saturated rings. The lowest BCUT2D eigenvalue weighted by Crippen LogP contribution is -2.41. The Bertz CT molecular complexity index is 837. The predicted molar refractivity (Wildman–Crippen MR) is 88.9 cm³/mol. The molecule has 0 aliphatic rings. The smallest absolute Gasteiger partial charge is 0.242 e. The minimum atomic E-state index is -3.95. The largest absolute Gasteiger partial charge is 0.320 e. The zero-order valence-electron chi connectivity index (χ0n) is 12.4. The molecule has 0 heterocycles. The maximum atomic E-state index is 13.5. The molecule has 128 valence electrons. The van der Waals surface area contributed by atoms with Crippen LogP contribution in [0.4, 0.5) is 14.5 Å². The topological polar surface area (TPSA) is 75.3 Å². The van der Waals surface area contributed by atoms with Gasteiger partial charge in [-0.2, -0.15) is 4.72 Å². The average Bonchev–Trinajstić information content (AvgIpc) is 2.51. The van der Waals surface area contributed by atoms with E-state index in [9.17, 15) is 22.0 Å². The van der Waals surface area contributed by atoms with E-state index >= 15 is 0 Å². The monoisotopic (exact) mass is 418 g/mol. The van der Waals surface area contributed by atoms with Gasteiger partial charge in [-0.15, -0.1) is 0 Å². The van der Waals surface area contributed by atoms with Gasteiger partial charge in [0.05, 0.1) is 10.9 Å². The highest BCUT2D eigenvalue weighted by Gasteiger charge is 2.23. The Balaban J connectivity index is 2.12. The molecule has 1 amide bonds. The van der Waals surface area contributed by atoms with Crippen LogP contribution in [0.1, 0.15) is 6.92 Å². The second-order valence-electron chi connectivity index (χ2n) is 4.88. The first kappa shape index (κ1) is 18.5. The van der Waals surface area contributed by atoms with Crippen molar-refractivity contribution in [3.8, 4) is 0 Å². The van der Waals surface area contributed by atoms with Crippen molar-refractivity contribution in [2.45, 2.75) is 17.9 Å². The molecule has 0 saturated carbocycles. The van der Waals surface area contributed by atoms with Gasteiger partial charge in [-0.25, -0.2) is 17.2 Å². The number of carbonyl (C=O) groups is 1. The molecule has 0 saturated heterocycles. The predicted octanol–water partition coefficient (Wildman–Crippen LogP) is 3.03. The van der Waals surface area contributed by atoms with Crippen molar-refractivity contribution in [2.75, 3.05) is 5.32 Å². The summed E-state index contributed by atoms with van der Waals surface area (Å²) in [5.74, 6) is -2.79. The van der Waals surface area contributed by atoms with Crippen LogP contribution in [0, 0.1) is 11.6 Å². The number of benzene rings is 2. The number of carbonyl (C=O) groups excluding carboxylic acids is 1. The molecule has 2 aromatic rings. The van der Waals surface area contributed by atoms with Gasteiger partial charge in [-0.3, -0.25) is 4.79 Å². The van der Waals surface area contributed by atoms with Gasteiger partial charge in [-0.1, -0.05) is 22.0 Å². The van der Waals surface area contributed by atoms with Crippen molar-refractivity contribution in [1.82, 2.24) is 4.72 Å². The molecule has 2 aromatic carbocycles. The summed E-state index contributed by atoms with van der Waals surface area (Å²) in [6.45, 7) is 1.27. The van der Waals surface area contributed by atoms with Gasteiger partial charge in [0.15, 0.2) is 0 Å². The zero-order valence-corrected chi connectivity index (χ0v) is 14.8. The Morgan fingerprint density at radius 3 is 2.17 bits per heavy atom. The normalized spacial score (nSPS) is 12.7. The highest BCUT2D eigenvalue weighted by molar-refractivity contribution is 9.10. The van der Waals surface area contributed by atoms with Gasteiger partial charge >= 0.3 is 0 Å². The lowest BCUT2D eigenvalue weighted by molar-refractivity contribution is -0.117. The van der Waals surface area contributed by atoms with E-state index in [0.717, 1.165) is 18.2 Å². The van der Waals surface area contributed by atoms with E-state index in [1.165, 1.54) is 31.2 Å². The number of hydrogen-bond acceptors (Lipinski definition) is 3. The minimum absolute atomic E-state index is 0.0394. The molecule has 0 spiro atoms. The van der Waals surface area contributed by atoms with E-state index in [4.69, 9.17) is 0 Å². The molecule has 0 aromatic heterocycles. The van der Waals surface area contributed by atoms with Gasteiger partial charge in [0.1, 0.15) is 17.3 Å². The Kier molecular flexibility index (Phi) is 5.68. The molecular formula is C15H13BrF2N2O3S. The highest BCUT2D eigenvalue weighted by atomic mass is 79.9. The number of nitrogens with one attached hydrogen (secondary N) is 2. The first-order chi connectivity index (χ1) is 11.2. The van der Waals surface area contributed by atoms with Crippen molar-refractivity contribution in [3.05, 3.63) is 58.6 Å². The third-order valence-electron chi connectivity index (χ3n) is 3.06. The van der Waals surface area contributed by atoms with E-state index < -0.39 is 39.3 Å². The van der Waals surface area contributed by atoms with Crippen LogP contribution in [-0.4, -0.2) is 20.4 Å². The SMILES string of the molecule is CC(NS(=O)(=O)c1ccc(Br)cc1)C(=O)Nc1c(F)cccc1F. The van der Waals surface area contributed by atoms with E-state index in [0.29, 0.717) is 4.47 Å². The number of halogens is 3. The summed E-state index contributed by atoms with van der Waals surface area (Å²) in [5, 5.41) is 2.04. The van der Waals surface area contributed by atoms with E-state index in [2.05, 4.69) is 20.7 Å². The summed E-state index contributed by atoms with van der Waals surface area (Å²) in [6, 6.07) is 7.66. The second kappa shape index (κ2) is 7.37. The van der Waals surface area contributed by atoms with Crippen LogP contribution in [0.2, 0.25) is 0 Å². The molecule has 9 heteroatoms. The summed E-state index contributed by atoms with van der Waals surface area (Å²) in [5.41, 5.74) is -0.628. The summed E-state index contributed by atoms with van der Waals surface area (Å²) in [4.78, 5) is 12.0.